The fraction of sp³-hybridized carbons (Fsp3) is 0.0909. The molecule has 6 nitrogen and oxygen atoms in total. The summed E-state index contributed by atoms with van der Waals surface area (Å²) in [5.41, 5.74) is 0.479. The van der Waals surface area contributed by atoms with Gasteiger partial charge in [0.1, 0.15) is 23.9 Å². The molecule has 0 unspecified atom stereocenters. The van der Waals surface area contributed by atoms with Gasteiger partial charge >= 0.3 is 5.97 Å². The summed E-state index contributed by atoms with van der Waals surface area (Å²) in [5, 5.41) is 10.1. The predicted molar refractivity (Wildman–Crippen MR) is 104 cm³/mol. The maximum atomic E-state index is 13.3. The first-order valence-electron chi connectivity index (χ1n) is 8.82. The van der Waals surface area contributed by atoms with Gasteiger partial charge in [-0.05, 0) is 59.5 Å². The highest BCUT2D eigenvalue weighted by atomic mass is 19.1. The van der Waals surface area contributed by atoms with E-state index in [0.717, 1.165) is 0 Å². The van der Waals surface area contributed by atoms with Crippen LogP contribution >= 0.6 is 0 Å². The van der Waals surface area contributed by atoms with Gasteiger partial charge in [0, 0.05) is 11.6 Å². The summed E-state index contributed by atoms with van der Waals surface area (Å²) < 4.78 is 25.6. The average Bonchev–Trinajstić information content (AvgIpc) is 3.18. The standard InChI is InChI=1S/C22H16FNO5/c23-16-3-1-2-14(10-16)13-28-17-4-6-19-15(11-17)8-9-24(21(19)25)12-18-5-7-20(29-18)22(26)27/h1-11H,12-13H2,(H,26,27). The molecule has 0 fully saturated rings. The fourth-order valence-electron chi connectivity index (χ4n) is 3.02. The molecule has 0 amide bonds. The molecular formula is C22H16FNO5. The van der Waals surface area contributed by atoms with Crippen molar-refractivity contribution in [3.05, 3.63) is 100 Å². The van der Waals surface area contributed by atoms with Crippen molar-refractivity contribution in [1.82, 2.24) is 4.57 Å². The number of fused-ring (bicyclic) bond motifs is 1. The second kappa shape index (κ2) is 7.63. The van der Waals surface area contributed by atoms with Crippen molar-refractivity contribution in [3.63, 3.8) is 0 Å². The van der Waals surface area contributed by atoms with Crippen molar-refractivity contribution in [3.8, 4) is 5.75 Å². The van der Waals surface area contributed by atoms with Crippen LogP contribution in [-0.2, 0) is 13.2 Å². The van der Waals surface area contributed by atoms with Gasteiger partial charge in [-0.1, -0.05) is 12.1 Å². The van der Waals surface area contributed by atoms with Gasteiger partial charge in [-0.3, -0.25) is 4.79 Å². The number of carboxylic acids is 1. The van der Waals surface area contributed by atoms with Gasteiger partial charge in [-0.2, -0.15) is 0 Å². The van der Waals surface area contributed by atoms with Crippen LogP contribution in [0.25, 0.3) is 10.8 Å². The van der Waals surface area contributed by atoms with Crippen molar-refractivity contribution < 1.29 is 23.4 Å². The van der Waals surface area contributed by atoms with E-state index < -0.39 is 5.97 Å². The minimum Gasteiger partial charge on any atom is -0.489 e. The van der Waals surface area contributed by atoms with Gasteiger partial charge in [0.25, 0.3) is 5.56 Å². The Bertz CT molecular complexity index is 1260. The summed E-state index contributed by atoms with van der Waals surface area (Å²) in [6, 6.07) is 15.9. The molecule has 0 aliphatic carbocycles. The van der Waals surface area contributed by atoms with Crippen LogP contribution in [0.5, 0.6) is 5.75 Å². The van der Waals surface area contributed by atoms with Crippen molar-refractivity contribution in [2.45, 2.75) is 13.2 Å². The third-order valence-corrected chi connectivity index (χ3v) is 4.44. The Hall–Kier alpha value is -3.87. The summed E-state index contributed by atoms with van der Waals surface area (Å²) in [6.07, 6.45) is 1.62. The fourth-order valence-corrected chi connectivity index (χ4v) is 3.02. The number of carbonyl (C=O) groups is 1. The summed E-state index contributed by atoms with van der Waals surface area (Å²) in [4.78, 5) is 23.6. The van der Waals surface area contributed by atoms with Crippen LogP contribution in [0.1, 0.15) is 21.9 Å². The first-order chi connectivity index (χ1) is 14.0. The van der Waals surface area contributed by atoms with Crippen LogP contribution in [0.4, 0.5) is 4.39 Å². The SMILES string of the molecule is O=C(O)c1ccc(Cn2ccc3cc(OCc4cccc(F)c4)ccc3c2=O)o1. The normalized spacial score (nSPS) is 10.9. The molecule has 0 atom stereocenters. The molecule has 0 aliphatic rings. The number of hydrogen-bond donors (Lipinski definition) is 1. The molecule has 2 heterocycles. The van der Waals surface area contributed by atoms with Crippen LogP contribution < -0.4 is 10.3 Å². The Morgan fingerprint density at radius 3 is 2.72 bits per heavy atom. The molecule has 0 saturated carbocycles. The van der Waals surface area contributed by atoms with Crippen LogP contribution in [0.2, 0.25) is 0 Å². The number of rotatable bonds is 6. The molecule has 0 radical (unpaired) electrons. The largest absolute Gasteiger partial charge is 0.489 e. The zero-order valence-electron chi connectivity index (χ0n) is 15.2. The zero-order chi connectivity index (χ0) is 20.4. The van der Waals surface area contributed by atoms with Gasteiger partial charge in [-0.25, -0.2) is 9.18 Å². The zero-order valence-corrected chi connectivity index (χ0v) is 15.2. The molecule has 4 aromatic rings. The summed E-state index contributed by atoms with van der Waals surface area (Å²) >= 11 is 0. The monoisotopic (exact) mass is 393 g/mol. The maximum Gasteiger partial charge on any atom is 0.371 e. The lowest BCUT2D eigenvalue weighted by atomic mass is 10.1. The van der Waals surface area contributed by atoms with E-state index in [4.69, 9.17) is 14.3 Å². The Kier molecular flexibility index (Phi) is 4.87. The Balaban J connectivity index is 1.54. The molecule has 1 N–H and O–H groups in total. The first-order valence-corrected chi connectivity index (χ1v) is 8.82. The molecule has 0 saturated heterocycles. The molecule has 4 rings (SSSR count). The van der Waals surface area contributed by atoms with Crippen molar-refractivity contribution in [1.29, 1.82) is 0 Å². The highest BCUT2D eigenvalue weighted by Crippen LogP contribution is 2.20. The summed E-state index contributed by atoms with van der Waals surface area (Å²) in [5.74, 6) is -0.714. The van der Waals surface area contributed by atoms with E-state index in [1.54, 1.807) is 42.6 Å². The number of nitrogens with zero attached hydrogens (tertiary/aromatic N) is 1. The molecule has 2 aromatic carbocycles. The lowest BCUT2D eigenvalue weighted by molar-refractivity contribution is 0.0660. The van der Waals surface area contributed by atoms with Crippen molar-refractivity contribution in [2.75, 3.05) is 0 Å². The molecule has 29 heavy (non-hydrogen) atoms. The second-order valence-corrected chi connectivity index (χ2v) is 6.49. The van der Waals surface area contributed by atoms with Gasteiger partial charge in [0.15, 0.2) is 0 Å². The van der Waals surface area contributed by atoms with E-state index in [-0.39, 0.29) is 30.3 Å². The van der Waals surface area contributed by atoms with E-state index in [9.17, 15) is 14.0 Å². The number of benzene rings is 2. The Morgan fingerprint density at radius 2 is 1.97 bits per heavy atom. The van der Waals surface area contributed by atoms with Crippen LogP contribution in [-0.4, -0.2) is 15.6 Å². The smallest absolute Gasteiger partial charge is 0.371 e. The van der Waals surface area contributed by atoms with E-state index in [0.29, 0.717) is 27.8 Å². The highest BCUT2D eigenvalue weighted by molar-refractivity contribution is 5.84. The summed E-state index contributed by atoms with van der Waals surface area (Å²) in [7, 11) is 0. The molecule has 146 valence electrons. The minimum atomic E-state index is -1.16. The second-order valence-electron chi connectivity index (χ2n) is 6.49. The van der Waals surface area contributed by atoms with E-state index >= 15 is 0 Å². The predicted octanol–water partition coefficient (Wildman–Crippen LogP) is 4.06. The Morgan fingerprint density at radius 1 is 1.10 bits per heavy atom. The van der Waals surface area contributed by atoms with Crippen molar-refractivity contribution >= 4 is 16.7 Å². The number of hydrogen-bond acceptors (Lipinski definition) is 4. The van der Waals surface area contributed by atoms with Gasteiger partial charge in [-0.15, -0.1) is 0 Å². The molecule has 0 aliphatic heterocycles. The van der Waals surface area contributed by atoms with Gasteiger partial charge in [0.05, 0.1) is 6.54 Å². The molecule has 0 bridgehead atoms. The number of ether oxygens (including phenoxy) is 1. The van der Waals surface area contributed by atoms with Crippen molar-refractivity contribution in [2.24, 2.45) is 0 Å². The van der Waals surface area contributed by atoms with Crippen LogP contribution in [0.15, 0.2) is 76.1 Å². The van der Waals surface area contributed by atoms with E-state index in [2.05, 4.69) is 0 Å². The number of halogens is 1. The number of aromatic carboxylic acids is 1. The van der Waals surface area contributed by atoms with E-state index in [1.165, 1.54) is 28.8 Å². The summed E-state index contributed by atoms with van der Waals surface area (Å²) in [6.45, 7) is 0.338. The molecule has 7 heteroatoms. The lowest BCUT2D eigenvalue weighted by Gasteiger charge is -2.09. The van der Waals surface area contributed by atoms with Gasteiger partial charge in [0.2, 0.25) is 5.76 Å². The van der Waals surface area contributed by atoms with Crippen LogP contribution in [0.3, 0.4) is 0 Å². The number of furan rings is 1. The lowest BCUT2D eigenvalue weighted by Crippen LogP contribution is -2.19. The maximum absolute atomic E-state index is 13.3. The minimum absolute atomic E-state index is 0.125. The molecular weight excluding hydrogens is 377 g/mol. The Labute approximate surface area is 164 Å². The number of pyridine rings is 1. The third kappa shape index (κ3) is 4.03. The first kappa shape index (κ1) is 18.5. The average molecular weight is 393 g/mol. The number of aromatic nitrogens is 1. The number of carboxylic acid groups (broad SMARTS) is 1. The highest BCUT2D eigenvalue weighted by Gasteiger charge is 2.11. The quantitative estimate of drug-likeness (QED) is 0.534. The third-order valence-electron chi connectivity index (χ3n) is 4.44. The van der Waals surface area contributed by atoms with E-state index in [1.807, 2.05) is 0 Å². The van der Waals surface area contributed by atoms with Gasteiger partial charge < -0.3 is 18.8 Å². The topological polar surface area (TPSA) is 81.7 Å². The van der Waals surface area contributed by atoms with Crippen LogP contribution in [0, 0.1) is 5.82 Å². The molecule has 0 spiro atoms. The molecule has 2 aromatic heterocycles.